The smallest absolute Gasteiger partial charge is 0.188 e. The molecule has 0 aliphatic heterocycles. The first-order valence-corrected chi connectivity index (χ1v) is 18.4. The minimum atomic E-state index is -2.03. The average Bonchev–Trinajstić information content (AvgIpc) is 2.57. The molecule has 0 amide bonds. The fraction of sp³-hybridized carbons (Fsp3) is 1.00. The molecule has 0 heterocycles. The molecule has 0 rings (SSSR count). The predicted octanol–water partition coefficient (Wildman–Crippen LogP) is 6.43. The van der Waals surface area contributed by atoms with Gasteiger partial charge in [-0.05, 0) is 70.0 Å². The molecular formula is C12H28O4P2S6. The molecule has 24 heavy (non-hydrogen) atoms. The molecule has 0 saturated heterocycles. The van der Waals surface area contributed by atoms with Crippen molar-refractivity contribution in [3.63, 3.8) is 0 Å². The molecule has 146 valence electrons. The molecule has 0 aromatic heterocycles. The Hall–Kier alpha value is 2.54. The second kappa shape index (κ2) is 16.5. The predicted molar refractivity (Wildman–Crippen MR) is 125 cm³/mol. The van der Waals surface area contributed by atoms with Gasteiger partial charge >= 0.3 is 0 Å². The molecule has 0 aliphatic carbocycles. The topological polar surface area (TPSA) is 36.9 Å². The zero-order valence-corrected chi connectivity index (χ0v) is 21.3. The summed E-state index contributed by atoms with van der Waals surface area (Å²) in [5, 5.41) is 0. The van der Waals surface area contributed by atoms with Gasteiger partial charge in [-0.1, -0.05) is 21.6 Å². The minimum absolute atomic E-state index is 0.625. The van der Waals surface area contributed by atoms with E-state index in [1.54, 1.807) is 14.2 Å². The number of hydrogen-bond donors (Lipinski definition) is 0. The van der Waals surface area contributed by atoms with Gasteiger partial charge in [0.25, 0.3) is 0 Å². The van der Waals surface area contributed by atoms with Crippen LogP contribution in [0.5, 0.6) is 0 Å². The average molecular weight is 491 g/mol. The Labute approximate surface area is 172 Å². The molecule has 2 unspecified atom stereocenters. The molecule has 0 aromatic rings. The van der Waals surface area contributed by atoms with Crippen molar-refractivity contribution in [1.29, 1.82) is 0 Å². The second-order valence-electron chi connectivity index (χ2n) is 4.36. The lowest BCUT2D eigenvalue weighted by Crippen LogP contribution is -1.98. The van der Waals surface area contributed by atoms with Gasteiger partial charge in [0, 0.05) is 38.0 Å². The highest BCUT2D eigenvalue weighted by Crippen LogP contribution is 2.50. The van der Waals surface area contributed by atoms with Crippen LogP contribution in [0.1, 0.15) is 26.7 Å². The van der Waals surface area contributed by atoms with Crippen LogP contribution in [0.2, 0.25) is 0 Å². The summed E-state index contributed by atoms with van der Waals surface area (Å²) in [4.78, 5) is 0. The van der Waals surface area contributed by atoms with Gasteiger partial charge in [0.1, 0.15) is 0 Å². The lowest BCUT2D eigenvalue weighted by atomic mass is 10.6. The zero-order valence-electron chi connectivity index (χ0n) is 14.6. The summed E-state index contributed by atoms with van der Waals surface area (Å²) in [6, 6.07) is 0. The van der Waals surface area contributed by atoms with Gasteiger partial charge in [0.05, 0.1) is 13.2 Å². The van der Waals surface area contributed by atoms with Crippen molar-refractivity contribution in [3.8, 4) is 0 Å². The van der Waals surface area contributed by atoms with E-state index < -0.39 is 13.0 Å². The van der Waals surface area contributed by atoms with Gasteiger partial charge in [0.15, 0.2) is 13.0 Å². The maximum absolute atomic E-state index is 5.56. The van der Waals surface area contributed by atoms with Gasteiger partial charge in [-0.3, -0.25) is 0 Å². The Morgan fingerprint density at radius 2 is 1.12 bits per heavy atom. The van der Waals surface area contributed by atoms with Crippen molar-refractivity contribution < 1.29 is 18.1 Å². The Kier molecular flexibility index (Phi) is 18.2. The van der Waals surface area contributed by atoms with Crippen molar-refractivity contribution in [2.75, 3.05) is 51.3 Å². The number of hydrogen-bond acceptors (Lipinski definition) is 10. The zero-order chi connectivity index (χ0) is 18.3. The highest BCUT2D eigenvalue weighted by molar-refractivity contribution is 9.26. The van der Waals surface area contributed by atoms with Crippen molar-refractivity contribution in [1.82, 2.24) is 0 Å². The van der Waals surface area contributed by atoms with E-state index in [0.717, 1.165) is 36.7 Å². The van der Waals surface area contributed by atoms with Crippen LogP contribution < -0.4 is 0 Å². The second-order valence-corrected chi connectivity index (χ2v) is 18.5. The Bertz CT molecular complexity index is 366. The first-order valence-electron chi connectivity index (χ1n) is 7.61. The highest BCUT2D eigenvalue weighted by Gasteiger charge is 2.16. The lowest BCUT2D eigenvalue weighted by Gasteiger charge is -2.19. The molecule has 0 aliphatic rings. The van der Waals surface area contributed by atoms with E-state index in [9.17, 15) is 0 Å². The molecule has 0 radical (unpaired) electrons. The van der Waals surface area contributed by atoms with E-state index in [4.69, 9.17) is 41.7 Å². The third kappa shape index (κ3) is 13.7. The van der Waals surface area contributed by atoms with Crippen LogP contribution in [0.25, 0.3) is 0 Å². The van der Waals surface area contributed by atoms with Crippen LogP contribution in [0.3, 0.4) is 0 Å². The van der Waals surface area contributed by atoms with Crippen molar-refractivity contribution in [2.24, 2.45) is 0 Å². The van der Waals surface area contributed by atoms with Crippen LogP contribution in [-0.2, 0) is 41.7 Å². The quantitative estimate of drug-likeness (QED) is 0.129. The van der Waals surface area contributed by atoms with Gasteiger partial charge in [-0.2, -0.15) is 0 Å². The third-order valence-electron chi connectivity index (χ3n) is 2.65. The van der Waals surface area contributed by atoms with Crippen molar-refractivity contribution in [2.45, 2.75) is 26.7 Å². The van der Waals surface area contributed by atoms with E-state index in [2.05, 4.69) is 0 Å². The van der Waals surface area contributed by atoms with E-state index in [1.165, 1.54) is 0 Å². The summed E-state index contributed by atoms with van der Waals surface area (Å²) in [7, 11) is 10.6. The summed E-state index contributed by atoms with van der Waals surface area (Å²) in [6.07, 6.45) is 3.74. The summed E-state index contributed by atoms with van der Waals surface area (Å²) in [6.45, 7) is 1.11. The van der Waals surface area contributed by atoms with E-state index in [1.807, 2.05) is 55.1 Å². The Balaban J connectivity index is 3.55. The SMILES string of the molecule is CCOP(=S)(CCCSSSSCCCP(=S)(OC)OCC)OC. The van der Waals surface area contributed by atoms with Crippen LogP contribution in [0, 0.1) is 0 Å². The normalized spacial score (nSPS) is 16.7. The highest BCUT2D eigenvalue weighted by atomic mass is 33.7. The minimum Gasteiger partial charge on any atom is -0.333 e. The van der Waals surface area contributed by atoms with E-state index in [-0.39, 0.29) is 0 Å². The fourth-order valence-corrected chi connectivity index (χ4v) is 12.2. The molecule has 0 bridgehead atoms. The molecular weight excluding hydrogens is 462 g/mol. The standard InChI is InChI=1S/C12H28O4P2S6/c1-5-15-17(19,13-3)9-7-11-21-23-24-22-12-8-10-18(20,14-4)16-6-2/h5-12H2,1-4H3. The summed E-state index contributed by atoms with van der Waals surface area (Å²) >= 11 is 10.8. The summed E-state index contributed by atoms with van der Waals surface area (Å²) < 4.78 is 21.8. The lowest BCUT2D eigenvalue weighted by molar-refractivity contribution is 0.295. The van der Waals surface area contributed by atoms with Gasteiger partial charge in [-0.25, -0.2) is 0 Å². The third-order valence-corrected chi connectivity index (χ3v) is 16.1. The van der Waals surface area contributed by atoms with E-state index >= 15 is 0 Å². The van der Waals surface area contributed by atoms with Crippen LogP contribution in [0.15, 0.2) is 0 Å². The van der Waals surface area contributed by atoms with Gasteiger partial charge < -0.3 is 18.1 Å². The van der Waals surface area contributed by atoms with Crippen LogP contribution in [-0.4, -0.2) is 51.3 Å². The molecule has 12 heteroatoms. The first kappa shape index (κ1) is 26.5. The van der Waals surface area contributed by atoms with Gasteiger partial charge in [0.2, 0.25) is 0 Å². The van der Waals surface area contributed by atoms with Crippen molar-refractivity contribution >= 4 is 77.8 Å². The Morgan fingerprint density at radius 1 is 0.750 bits per heavy atom. The van der Waals surface area contributed by atoms with E-state index in [0.29, 0.717) is 13.2 Å². The monoisotopic (exact) mass is 490 g/mol. The molecule has 2 atom stereocenters. The fourth-order valence-electron chi connectivity index (χ4n) is 1.55. The maximum Gasteiger partial charge on any atom is 0.188 e. The molecule has 0 N–H and O–H groups in total. The molecule has 0 spiro atoms. The van der Waals surface area contributed by atoms with Gasteiger partial charge in [-0.15, -0.1) is 0 Å². The first-order chi connectivity index (χ1) is 11.4. The van der Waals surface area contributed by atoms with Crippen LogP contribution >= 0.6 is 54.2 Å². The maximum atomic E-state index is 5.56. The van der Waals surface area contributed by atoms with Crippen molar-refractivity contribution in [3.05, 3.63) is 0 Å². The summed E-state index contributed by atoms with van der Waals surface area (Å²) in [5.41, 5.74) is 0. The molecule has 4 nitrogen and oxygen atoms in total. The molecule has 0 saturated carbocycles. The largest absolute Gasteiger partial charge is 0.333 e. The Morgan fingerprint density at radius 3 is 1.42 bits per heavy atom. The molecule has 0 aromatic carbocycles. The molecule has 0 fully saturated rings. The number of rotatable bonds is 17. The van der Waals surface area contributed by atoms with Crippen LogP contribution in [0.4, 0.5) is 0 Å². The summed E-state index contributed by atoms with van der Waals surface area (Å²) in [5.74, 6) is 2.11.